The largest absolute Gasteiger partial charge is 0.461 e. The molecule has 0 saturated carbocycles. The van der Waals surface area contributed by atoms with Gasteiger partial charge in [0, 0.05) is 5.69 Å². The minimum Gasteiger partial charge on any atom is -0.461 e. The minimum absolute atomic E-state index is 0.128. The number of hydrogen-bond acceptors (Lipinski definition) is 5. The van der Waals surface area contributed by atoms with Crippen molar-refractivity contribution in [3.05, 3.63) is 28.8 Å². The highest BCUT2D eigenvalue weighted by atomic mass is 35.5. The number of nitrogen functional groups attached to an aromatic ring is 1. The lowest BCUT2D eigenvalue weighted by atomic mass is 10.2. The number of anilines is 1. The van der Waals surface area contributed by atoms with Crippen LogP contribution in [0.1, 0.15) is 24.2 Å². The molecule has 0 radical (unpaired) electrons. The summed E-state index contributed by atoms with van der Waals surface area (Å²) in [6.45, 7) is 2.95. The molecule has 7 heteroatoms. The lowest BCUT2D eigenvalue weighted by Gasteiger charge is -2.09. The molecule has 2 N–H and O–H groups in total. The van der Waals surface area contributed by atoms with E-state index in [-0.39, 0.29) is 22.9 Å². The van der Waals surface area contributed by atoms with Crippen LogP contribution in [0.4, 0.5) is 5.69 Å². The van der Waals surface area contributed by atoms with Crippen LogP contribution in [0.3, 0.4) is 0 Å². The Bertz CT molecular complexity index is 569. The summed E-state index contributed by atoms with van der Waals surface area (Å²) in [7, 11) is -3.23. The minimum atomic E-state index is -3.23. The predicted octanol–water partition coefficient (Wildman–Crippen LogP) is 1.90. The first-order valence-corrected chi connectivity index (χ1v) is 7.77. The van der Waals surface area contributed by atoms with Gasteiger partial charge in [0.15, 0.2) is 9.84 Å². The highest BCUT2D eigenvalue weighted by Gasteiger charge is 2.18. The van der Waals surface area contributed by atoms with E-state index in [9.17, 15) is 13.2 Å². The second kappa shape index (κ2) is 6.25. The molecule has 0 amide bonds. The topological polar surface area (TPSA) is 86.5 Å². The third-order valence-electron chi connectivity index (χ3n) is 2.53. The van der Waals surface area contributed by atoms with Crippen molar-refractivity contribution in [1.82, 2.24) is 0 Å². The molecule has 0 atom stereocenters. The fourth-order valence-electron chi connectivity index (χ4n) is 1.26. The zero-order chi connectivity index (χ0) is 14.6. The summed E-state index contributed by atoms with van der Waals surface area (Å²) in [5.41, 5.74) is 6.05. The molecule has 0 aliphatic rings. The number of benzene rings is 1. The van der Waals surface area contributed by atoms with Gasteiger partial charge in [0.1, 0.15) is 6.61 Å². The highest BCUT2D eigenvalue weighted by molar-refractivity contribution is 7.91. The summed E-state index contributed by atoms with van der Waals surface area (Å²) < 4.78 is 28.0. The van der Waals surface area contributed by atoms with Gasteiger partial charge in [-0.2, -0.15) is 0 Å². The fraction of sp³-hybridized carbons (Fsp3) is 0.417. The zero-order valence-electron chi connectivity index (χ0n) is 10.7. The van der Waals surface area contributed by atoms with E-state index in [2.05, 4.69) is 0 Å². The van der Waals surface area contributed by atoms with Crippen LogP contribution in [-0.4, -0.2) is 32.0 Å². The first kappa shape index (κ1) is 15.8. The van der Waals surface area contributed by atoms with Gasteiger partial charge in [0.2, 0.25) is 0 Å². The van der Waals surface area contributed by atoms with Crippen LogP contribution in [0.2, 0.25) is 5.02 Å². The van der Waals surface area contributed by atoms with Crippen LogP contribution in [0.15, 0.2) is 18.2 Å². The Labute approximate surface area is 117 Å². The van der Waals surface area contributed by atoms with Crippen LogP contribution in [0.25, 0.3) is 0 Å². The molecule has 0 bridgehead atoms. The van der Waals surface area contributed by atoms with Crippen molar-refractivity contribution in [2.45, 2.75) is 19.1 Å². The van der Waals surface area contributed by atoms with E-state index in [4.69, 9.17) is 22.1 Å². The molecule has 0 spiro atoms. The van der Waals surface area contributed by atoms with Gasteiger partial charge in [0.25, 0.3) is 0 Å². The first-order chi connectivity index (χ1) is 8.74. The summed E-state index contributed by atoms with van der Waals surface area (Å²) >= 11 is 5.84. The average Bonchev–Trinajstić information content (AvgIpc) is 2.31. The molecular weight excluding hydrogens is 290 g/mol. The standard InChI is InChI=1S/C12H16ClNO4S/c1-8(2)19(16,17)6-5-18-12(15)10-7-9(14)3-4-11(10)13/h3-4,7-8H,5-6,14H2,1-2H3. The van der Waals surface area contributed by atoms with Crippen molar-refractivity contribution in [2.75, 3.05) is 18.1 Å². The van der Waals surface area contributed by atoms with Crippen molar-refractivity contribution in [2.24, 2.45) is 0 Å². The van der Waals surface area contributed by atoms with Crippen LogP contribution in [0.5, 0.6) is 0 Å². The molecular formula is C12H16ClNO4S. The zero-order valence-corrected chi connectivity index (χ0v) is 12.3. The smallest absolute Gasteiger partial charge is 0.339 e. The number of esters is 1. The molecule has 0 fully saturated rings. The van der Waals surface area contributed by atoms with Crippen LogP contribution in [-0.2, 0) is 14.6 Å². The maximum atomic E-state index is 11.7. The Kier molecular flexibility index (Phi) is 5.20. The van der Waals surface area contributed by atoms with Crippen LogP contribution < -0.4 is 5.73 Å². The highest BCUT2D eigenvalue weighted by Crippen LogP contribution is 2.19. The van der Waals surface area contributed by atoms with Gasteiger partial charge in [-0.05, 0) is 32.0 Å². The predicted molar refractivity (Wildman–Crippen MR) is 75.1 cm³/mol. The van der Waals surface area contributed by atoms with E-state index in [1.54, 1.807) is 19.9 Å². The number of ether oxygens (including phenoxy) is 1. The lowest BCUT2D eigenvalue weighted by molar-refractivity contribution is 0.0529. The molecule has 5 nitrogen and oxygen atoms in total. The monoisotopic (exact) mass is 305 g/mol. The normalized spacial score (nSPS) is 11.6. The van der Waals surface area contributed by atoms with Gasteiger partial charge in [0.05, 0.1) is 21.6 Å². The Morgan fingerprint density at radius 3 is 2.63 bits per heavy atom. The van der Waals surface area contributed by atoms with E-state index in [0.29, 0.717) is 5.69 Å². The van der Waals surface area contributed by atoms with Crippen molar-refractivity contribution in [3.8, 4) is 0 Å². The third kappa shape index (κ3) is 4.40. The van der Waals surface area contributed by atoms with Crippen molar-refractivity contribution < 1.29 is 17.9 Å². The number of carbonyl (C=O) groups is 1. The Morgan fingerprint density at radius 2 is 2.05 bits per heavy atom. The average molecular weight is 306 g/mol. The Hall–Kier alpha value is -1.27. The quantitative estimate of drug-likeness (QED) is 0.663. The first-order valence-electron chi connectivity index (χ1n) is 5.68. The molecule has 1 aromatic carbocycles. The van der Waals surface area contributed by atoms with Crippen molar-refractivity contribution >= 4 is 33.1 Å². The van der Waals surface area contributed by atoms with Gasteiger partial charge >= 0.3 is 5.97 Å². The molecule has 0 heterocycles. The maximum absolute atomic E-state index is 11.7. The van der Waals surface area contributed by atoms with E-state index >= 15 is 0 Å². The Balaban J connectivity index is 2.64. The van der Waals surface area contributed by atoms with Gasteiger partial charge in [-0.25, -0.2) is 13.2 Å². The van der Waals surface area contributed by atoms with Gasteiger partial charge < -0.3 is 10.5 Å². The van der Waals surface area contributed by atoms with Gasteiger partial charge in [-0.3, -0.25) is 0 Å². The lowest BCUT2D eigenvalue weighted by Crippen LogP contribution is -2.22. The number of carbonyl (C=O) groups excluding carboxylic acids is 1. The maximum Gasteiger partial charge on any atom is 0.339 e. The number of hydrogen-bond donors (Lipinski definition) is 1. The molecule has 1 aromatic rings. The number of halogens is 1. The number of nitrogens with two attached hydrogens (primary N) is 1. The second-order valence-electron chi connectivity index (χ2n) is 4.29. The summed E-state index contributed by atoms with van der Waals surface area (Å²) in [5.74, 6) is -0.896. The summed E-state index contributed by atoms with van der Waals surface area (Å²) in [6, 6.07) is 4.43. The summed E-state index contributed by atoms with van der Waals surface area (Å²) in [6.07, 6.45) is 0. The van der Waals surface area contributed by atoms with E-state index in [0.717, 1.165) is 0 Å². The van der Waals surface area contributed by atoms with Gasteiger partial charge in [-0.15, -0.1) is 0 Å². The number of sulfone groups is 1. The summed E-state index contributed by atoms with van der Waals surface area (Å²) in [4.78, 5) is 11.7. The fourth-order valence-corrected chi connectivity index (χ4v) is 2.25. The van der Waals surface area contributed by atoms with E-state index < -0.39 is 21.1 Å². The van der Waals surface area contributed by atoms with E-state index in [1.807, 2.05) is 0 Å². The van der Waals surface area contributed by atoms with Crippen molar-refractivity contribution in [3.63, 3.8) is 0 Å². The molecule has 1 rings (SSSR count). The molecule has 0 saturated heterocycles. The third-order valence-corrected chi connectivity index (χ3v) is 5.03. The molecule has 0 aliphatic carbocycles. The second-order valence-corrected chi connectivity index (χ2v) is 7.37. The summed E-state index contributed by atoms with van der Waals surface area (Å²) in [5, 5.41) is -0.284. The SMILES string of the molecule is CC(C)S(=O)(=O)CCOC(=O)c1cc(N)ccc1Cl. The van der Waals surface area contributed by atoms with E-state index in [1.165, 1.54) is 12.1 Å². The Morgan fingerprint density at radius 1 is 1.42 bits per heavy atom. The molecule has 106 valence electrons. The molecule has 0 aliphatic heterocycles. The van der Waals surface area contributed by atoms with Crippen LogP contribution in [0, 0.1) is 0 Å². The van der Waals surface area contributed by atoms with Crippen LogP contribution >= 0.6 is 11.6 Å². The molecule has 0 unspecified atom stereocenters. The molecule has 0 aromatic heterocycles. The van der Waals surface area contributed by atoms with Crippen molar-refractivity contribution in [1.29, 1.82) is 0 Å². The molecule has 19 heavy (non-hydrogen) atoms. The number of rotatable bonds is 5. The van der Waals surface area contributed by atoms with Gasteiger partial charge in [-0.1, -0.05) is 11.6 Å².